The van der Waals surface area contributed by atoms with Crippen molar-refractivity contribution in [3.8, 4) is 0 Å². The zero-order chi connectivity index (χ0) is 17.3. The van der Waals surface area contributed by atoms with E-state index in [-0.39, 0.29) is 0 Å². The first-order valence-electron chi connectivity index (χ1n) is 9.99. The van der Waals surface area contributed by atoms with E-state index in [9.17, 15) is 0 Å². The van der Waals surface area contributed by atoms with Crippen LogP contribution in [0.15, 0.2) is 4.99 Å². The fourth-order valence-corrected chi connectivity index (χ4v) is 4.09. The third-order valence-corrected chi connectivity index (χ3v) is 5.74. The summed E-state index contributed by atoms with van der Waals surface area (Å²) in [5.41, 5.74) is 0.363. The van der Waals surface area contributed by atoms with E-state index in [1.807, 2.05) is 0 Å². The van der Waals surface area contributed by atoms with Gasteiger partial charge in [-0.05, 0) is 65.0 Å². The summed E-state index contributed by atoms with van der Waals surface area (Å²) >= 11 is 0. The monoisotopic (exact) mass is 338 g/mol. The Morgan fingerprint density at radius 3 is 2.62 bits per heavy atom. The fourth-order valence-electron chi connectivity index (χ4n) is 4.09. The first kappa shape index (κ1) is 19.5. The molecule has 1 atom stereocenters. The molecule has 0 aromatic heterocycles. The van der Waals surface area contributed by atoms with Crippen LogP contribution in [-0.4, -0.2) is 63.3 Å². The Labute approximate surface area is 148 Å². The number of hydrogen-bond donors (Lipinski definition) is 2. The van der Waals surface area contributed by atoms with Gasteiger partial charge in [0.1, 0.15) is 0 Å². The van der Waals surface area contributed by atoms with Crippen molar-refractivity contribution in [3.05, 3.63) is 0 Å². The van der Waals surface area contributed by atoms with Crippen LogP contribution in [0.1, 0.15) is 58.8 Å². The molecule has 0 amide bonds. The van der Waals surface area contributed by atoms with Gasteiger partial charge in [-0.1, -0.05) is 12.8 Å². The maximum atomic E-state index is 5.62. The molecule has 0 aromatic carbocycles. The van der Waals surface area contributed by atoms with Gasteiger partial charge >= 0.3 is 0 Å². The van der Waals surface area contributed by atoms with E-state index >= 15 is 0 Å². The summed E-state index contributed by atoms with van der Waals surface area (Å²) in [6, 6.07) is 0.646. The normalized spacial score (nSPS) is 24.5. The second-order valence-corrected chi connectivity index (χ2v) is 7.51. The summed E-state index contributed by atoms with van der Waals surface area (Å²) in [6.45, 7) is 9.97. The largest absolute Gasteiger partial charge is 0.382 e. The molecule has 2 N–H and O–H groups in total. The third kappa shape index (κ3) is 5.92. The highest BCUT2D eigenvalue weighted by Gasteiger charge is 2.33. The van der Waals surface area contributed by atoms with E-state index in [0.717, 1.165) is 45.2 Å². The molecule has 5 heteroatoms. The van der Waals surface area contributed by atoms with E-state index in [1.165, 1.54) is 45.1 Å². The highest BCUT2D eigenvalue weighted by atomic mass is 16.5. The van der Waals surface area contributed by atoms with Crippen molar-refractivity contribution >= 4 is 5.96 Å². The minimum absolute atomic E-state index is 0.363. The molecule has 0 bridgehead atoms. The van der Waals surface area contributed by atoms with Crippen molar-refractivity contribution < 1.29 is 4.74 Å². The molecule has 1 heterocycles. The van der Waals surface area contributed by atoms with Crippen LogP contribution < -0.4 is 10.6 Å². The van der Waals surface area contributed by atoms with Crippen molar-refractivity contribution in [2.75, 3.05) is 46.4 Å². The molecule has 0 spiro atoms. The molecule has 2 aliphatic rings. The molecule has 0 aromatic rings. The predicted molar refractivity (Wildman–Crippen MR) is 102 cm³/mol. The number of likely N-dealkylation sites (N-methyl/N-ethyl adjacent to an activating group) is 1. The Balaban J connectivity index is 1.87. The number of nitrogens with zero attached hydrogens (tertiary/aromatic N) is 2. The maximum absolute atomic E-state index is 5.62. The Bertz CT molecular complexity index is 380. The summed E-state index contributed by atoms with van der Waals surface area (Å²) in [4.78, 5) is 7.41. The second kappa shape index (κ2) is 10.2. The number of aliphatic imine (C=N–C) groups is 1. The SMILES string of the molecule is CCNC(=NCC1(CCOCC)CCCC1)NCC1CCCN1C. The van der Waals surface area contributed by atoms with Gasteiger partial charge in [-0.2, -0.15) is 0 Å². The molecule has 0 radical (unpaired) electrons. The van der Waals surface area contributed by atoms with Crippen molar-refractivity contribution in [2.45, 2.75) is 64.8 Å². The highest BCUT2D eigenvalue weighted by Crippen LogP contribution is 2.41. The summed E-state index contributed by atoms with van der Waals surface area (Å²) in [7, 11) is 2.23. The summed E-state index contributed by atoms with van der Waals surface area (Å²) < 4.78 is 5.62. The predicted octanol–water partition coefficient (Wildman–Crippen LogP) is 2.62. The average Bonchev–Trinajstić information content (AvgIpc) is 3.20. The molecule has 5 nitrogen and oxygen atoms in total. The maximum Gasteiger partial charge on any atom is 0.191 e. The highest BCUT2D eigenvalue weighted by molar-refractivity contribution is 5.79. The quantitative estimate of drug-likeness (QED) is 0.385. The van der Waals surface area contributed by atoms with Gasteiger partial charge in [-0.3, -0.25) is 4.99 Å². The van der Waals surface area contributed by atoms with Crippen LogP contribution in [-0.2, 0) is 4.74 Å². The average molecular weight is 339 g/mol. The number of nitrogens with one attached hydrogen (secondary N) is 2. The first-order valence-corrected chi connectivity index (χ1v) is 9.99. The van der Waals surface area contributed by atoms with Crippen LogP contribution >= 0.6 is 0 Å². The molecule has 1 unspecified atom stereocenters. The lowest BCUT2D eigenvalue weighted by Crippen LogP contribution is -2.44. The standard InChI is InChI=1S/C19H38N4O/c1-4-20-18(21-15-17-9-8-13-23(17)3)22-16-19(10-6-7-11-19)12-14-24-5-2/h17H,4-16H2,1-3H3,(H2,20,21,22). The van der Waals surface area contributed by atoms with Crippen LogP contribution in [0.25, 0.3) is 0 Å². The lowest BCUT2D eigenvalue weighted by Gasteiger charge is -2.28. The first-order chi connectivity index (χ1) is 11.7. The van der Waals surface area contributed by atoms with E-state index in [1.54, 1.807) is 0 Å². The van der Waals surface area contributed by atoms with Gasteiger partial charge in [0.25, 0.3) is 0 Å². The second-order valence-electron chi connectivity index (χ2n) is 7.51. The van der Waals surface area contributed by atoms with Crippen molar-refractivity contribution in [2.24, 2.45) is 10.4 Å². The van der Waals surface area contributed by atoms with Crippen LogP contribution in [0.2, 0.25) is 0 Å². The molecule has 140 valence electrons. The molecular formula is C19H38N4O. The van der Waals surface area contributed by atoms with Gasteiger partial charge in [0, 0.05) is 38.9 Å². The number of rotatable bonds is 9. The molecule has 1 saturated carbocycles. The van der Waals surface area contributed by atoms with Gasteiger partial charge in [0.2, 0.25) is 0 Å². The van der Waals surface area contributed by atoms with Crippen LogP contribution in [0.5, 0.6) is 0 Å². The van der Waals surface area contributed by atoms with Gasteiger partial charge in [-0.15, -0.1) is 0 Å². The Morgan fingerprint density at radius 2 is 2.00 bits per heavy atom. The molecule has 1 aliphatic heterocycles. The Hall–Kier alpha value is -0.810. The van der Waals surface area contributed by atoms with Gasteiger partial charge in [0.15, 0.2) is 5.96 Å². The van der Waals surface area contributed by atoms with E-state index in [2.05, 4.69) is 36.4 Å². The smallest absolute Gasteiger partial charge is 0.191 e. The summed E-state index contributed by atoms with van der Waals surface area (Å²) in [6.07, 6.45) is 9.05. The van der Waals surface area contributed by atoms with Crippen molar-refractivity contribution in [1.82, 2.24) is 15.5 Å². The van der Waals surface area contributed by atoms with Gasteiger partial charge in [-0.25, -0.2) is 0 Å². The zero-order valence-electron chi connectivity index (χ0n) is 16.1. The van der Waals surface area contributed by atoms with Gasteiger partial charge < -0.3 is 20.3 Å². The van der Waals surface area contributed by atoms with Gasteiger partial charge in [0.05, 0.1) is 0 Å². The lowest BCUT2D eigenvalue weighted by molar-refractivity contribution is 0.107. The molecule has 2 fully saturated rings. The van der Waals surface area contributed by atoms with E-state index < -0.39 is 0 Å². The fraction of sp³-hybridized carbons (Fsp3) is 0.947. The molecule has 24 heavy (non-hydrogen) atoms. The van der Waals surface area contributed by atoms with E-state index in [4.69, 9.17) is 9.73 Å². The minimum atomic E-state index is 0.363. The topological polar surface area (TPSA) is 48.9 Å². The zero-order valence-corrected chi connectivity index (χ0v) is 16.1. The lowest BCUT2D eigenvalue weighted by atomic mass is 9.83. The summed E-state index contributed by atoms with van der Waals surface area (Å²) in [5.74, 6) is 0.987. The molecule has 2 rings (SSSR count). The molecule has 1 saturated heterocycles. The molecule has 1 aliphatic carbocycles. The van der Waals surface area contributed by atoms with Crippen LogP contribution in [0.4, 0.5) is 0 Å². The number of ether oxygens (including phenoxy) is 1. The Morgan fingerprint density at radius 1 is 1.21 bits per heavy atom. The van der Waals surface area contributed by atoms with Crippen LogP contribution in [0.3, 0.4) is 0 Å². The number of hydrogen-bond acceptors (Lipinski definition) is 3. The molecular weight excluding hydrogens is 300 g/mol. The Kier molecular flexibility index (Phi) is 8.33. The van der Waals surface area contributed by atoms with E-state index in [0.29, 0.717) is 11.5 Å². The third-order valence-electron chi connectivity index (χ3n) is 5.74. The number of guanidine groups is 1. The van der Waals surface area contributed by atoms with Crippen molar-refractivity contribution in [1.29, 1.82) is 0 Å². The summed E-state index contributed by atoms with van der Waals surface area (Å²) in [5, 5.41) is 6.99. The minimum Gasteiger partial charge on any atom is -0.382 e. The van der Waals surface area contributed by atoms with Crippen molar-refractivity contribution in [3.63, 3.8) is 0 Å². The number of likely N-dealkylation sites (tertiary alicyclic amines) is 1. The van der Waals surface area contributed by atoms with Crippen LogP contribution in [0, 0.1) is 5.41 Å².